The maximum Gasteiger partial charge on any atom is 0.222 e. The number of nitrogens with zero attached hydrogens (tertiary/aromatic N) is 1. The second-order valence-electron chi connectivity index (χ2n) is 6.23. The molecule has 1 aliphatic heterocycles. The molecule has 4 heteroatoms. The number of ether oxygens (including phenoxy) is 1. The largest absolute Gasteiger partial charge is 0.493 e. The van der Waals surface area contributed by atoms with Gasteiger partial charge in [0.05, 0.1) is 6.61 Å². The Morgan fingerprint density at radius 2 is 1.79 bits per heavy atom. The Morgan fingerprint density at radius 1 is 1.08 bits per heavy atom. The van der Waals surface area contributed by atoms with E-state index in [0.29, 0.717) is 37.4 Å². The van der Waals surface area contributed by atoms with Crippen LogP contribution < -0.4 is 4.74 Å². The molecule has 1 heterocycles. The zero-order chi connectivity index (χ0) is 16.8. The molecule has 0 bridgehead atoms. The van der Waals surface area contributed by atoms with Crippen LogP contribution in [0.4, 0.5) is 4.39 Å². The van der Waals surface area contributed by atoms with Gasteiger partial charge in [-0.2, -0.15) is 0 Å². The van der Waals surface area contributed by atoms with Crippen molar-refractivity contribution in [2.24, 2.45) is 5.92 Å². The van der Waals surface area contributed by atoms with E-state index in [-0.39, 0.29) is 11.7 Å². The number of amides is 1. The second-order valence-corrected chi connectivity index (χ2v) is 6.23. The van der Waals surface area contributed by atoms with Crippen LogP contribution in [0.1, 0.15) is 18.4 Å². The van der Waals surface area contributed by atoms with E-state index in [1.165, 1.54) is 6.07 Å². The van der Waals surface area contributed by atoms with Gasteiger partial charge in [-0.1, -0.05) is 36.4 Å². The number of halogens is 1. The predicted molar refractivity (Wildman–Crippen MR) is 91.3 cm³/mol. The summed E-state index contributed by atoms with van der Waals surface area (Å²) >= 11 is 0. The molecule has 2 aromatic carbocycles. The molecule has 1 fully saturated rings. The van der Waals surface area contributed by atoms with E-state index in [1.807, 2.05) is 41.3 Å². The molecule has 0 unspecified atom stereocenters. The average Bonchev–Trinajstić information content (AvgIpc) is 2.56. The summed E-state index contributed by atoms with van der Waals surface area (Å²) in [5, 5.41) is 0. The van der Waals surface area contributed by atoms with Gasteiger partial charge in [0.25, 0.3) is 0 Å². The quantitative estimate of drug-likeness (QED) is 0.776. The van der Waals surface area contributed by atoms with Gasteiger partial charge in [-0.05, 0) is 36.6 Å². The van der Waals surface area contributed by atoms with Gasteiger partial charge < -0.3 is 9.64 Å². The topological polar surface area (TPSA) is 29.5 Å². The van der Waals surface area contributed by atoms with Crippen LogP contribution in [-0.4, -0.2) is 30.5 Å². The number of rotatable bonds is 7. The third-order valence-electron chi connectivity index (χ3n) is 4.33. The van der Waals surface area contributed by atoms with Crippen LogP contribution in [0.15, 0.2) is 54.6 Å². The number of hydrogen-bond acceptors (Lipinski definition) is 2. The summed E-state index contributed by atoms with van der Waals surface area (Å²) in [7, 11) is 0. The van der Waals surface area contributed by atoms with E-state index in [0.717, 1.165) is 18.8 Å². The highest BCUT2D eigenvalue weighted by Crippen LogP contribution is 2.20. The van der Waals surface area contributed by atoms with Crippen molar-refractivity contribution in [1.82, 2.24) is 4.90 Å². The maximum absolute atomic E-state index is 13.5. The minimum absolute atomic E-state index is 0.155. The van der Waals surface area contributed by atoms with E-state index < -0.39 is 0 Å². The predicted octanol–water partition coefficient (Wildman–Crippen LogP) is 3.69. The molecule has 0 N–H and O–H groups in total. The van der Waals surface area contributed by atoms with Gasteiger partial charge in [0.15, 0.2) is 0 Å². The Balaban J connectivity index is 1.32. The number of likely N-dealkylation sites (tertiary alicyclic amines) is 1. The maximum atomic E-state index is 13.5. The molecule has 0 spiro atoms. The van der Waals surface area contributed by atoms with Gasteiger partial charge in [0.2, 0.25) is 5.91 Å². The zero-order valence-electron chi connectivity index (χ0n) is 13.7. The van der Waals surface area contributed by atoms with Crippen molar-refractivity contribution in [2.75, 3.05) is 19.7 Å². The van der Waals surface area contributed by atoms with E-state index in [2.05, 4.69) is 0 Å². The summed E-state index contributed by atoms with van der Waals surface area (Å²) in [4.78, 5) is 14.0. The van der Waals surface area contributed by atoms with Crippen molar-refractivity contribution in [3.05, 3.63) is 66.0 Å². The summed E-state index contributed by atoms with van der Waals surface area (Å²) in [6.45, 7) is 2.15. The summed E-state index contributed by atoms with van der Waals surface area (Å²) in [6, 6.07) is 16.5. The SMILES string of the molecule is O=C(CCCc1ccccc1F)N1CC(COc2ccccc2)C1. The number of benzene rings is 2. The lowest BCUT2D eigenvalue weighted by Gasteiger charge is -2.39. The normalized spacial score (nSPS) is 14.3. The first-order chi connectivity index (χ1) is 11.7. The number of aryl methyl sites for hydroxylation is 1. The molecule has 2 aromatic rings. The van der Waals surface area contributed by atoms with Crippen LogP contribution in [0.5, 0.6) is 5.75 Å². The molecule has 0 atom stereocenters. The molecule has 3 rings (SSSR count). The van der Waals surface area contributed by atoms with Crippen molar-refractivity contribution < 1.29 is 13.9 Å². The van der Waals surface area contributed by atoms with Crippen molar-refractivity contribution in [1.29, 1.82) is 0 Å². The summed E-state index contributed by atoms with van der Waals surface area (Å²) in [5.74, 6) is 1.24. The molecule has 24 heavy (non-hydrogen) atoms. The van der Waals surface area contributed by atoms with Gasteiger partial charge in [0, 0.05) is 25.4 Å². The first-order valence-electron chi connectivity index (χ1n) is 8.41. The van der Waals surface area contributed by atoms with Gasteiger partial charge >= 0.3 is 0 Å². The summed E-state index contributed by atoms with van der Waals surface area (Å²) in [6.07, 6.45) is 1.76. The Morgan fingerprint density at radius 3 is 2.54 bits per heavy atom. The number of hydrogen-bond donors (Lipinski definition) is 0. The average molecular weight is 327 g/mol. The van der Waals surface area contributed by atoms with Gasteiger partial charge in [-0.25, -0.2) is 4.39 Å². The fourth-order valence-corrected chi connectivity index (χ4v) is 2.90. The summed E-state index contributed by atoms with van der Waals surface area (Å²) < 4.78 is 19.2. The highest BCUT2D eigenvalue weighted by Gasteiger charge is 2.30. The molecule has 0 aromatic heterocycles. The van der Waals surface area contributed by atoms with Crippen LogP contribution in [0.3, 0.4) is 0 Å². The molecule has 1 saturated heterocycles. The van der Waals surface area contributed by atoms with Crippen molar-refractivity contribution in [3.63, 3.8) is 0 Å². The molecular formula is C20H22FNO2. The first-order valence-corrected chi connectivity index (χ1v) is 8.41. The standard InChI is InChI=1S/C20H22FNO2/c21-19-11-5-4-7-17(19)8-6-12-20(23)22-13-16(14-22)15-24-18-9-2-1-3-10-18/h1-5,7,9-11,16H,6,8,12-15H2. The summed E-state index contributed by atoms with van der Waals surface area (Å²) in [5.41, 5.74) is 0.683. The van der Waals surface area contributed by atoms with Crippen LogP contribution >= 0.6 is 0 Å². The van der Waals surface area contributed by atoms with E-state index in [1.54, 1.807) is 12.1 Å². The Labute approximate surface area is 142 Å². The monoisotopic (exact) mass is 327 g/mol. The molecule has 1 aliphatic rings. The molecule has 126 valence electrons. The highest BCUT2D eigenvalue weighted by atomic mass is 19.1. The minimum Gasteiger partial charge on any atom is -0.493 e. The molecule has 3 nitrogen and oxygen atoms in total. The fraction of sp³-hybridized carbons (Fsp3) is 0.350. The van der Waals surface area contributed by atoms with Crippen molar-refractivity contribution in [2.45, 2.75) is 19.3 Å². The Hall–Kier alpha value is -2.36. The third kappa shape index (κ3) is 4.34. The van der Waals surface area contributed by atoms with Gasteiger partial charge in [0.1, 0.15) is 11.6 Å². The Kier molecular flexibility index (Phi) is 5.47. The minimum atomic E-state index is -0.188. The number of carbonyl (C=O) groups excluding carboxylic acids is 1. The second kappa shape index (κ2) is 7.95. The first kappa shape index (κ1) is 16.5. The van der Waals surface area contributed by atoms with E-state index in [9.17, 15) is 9.18 Å². The molecule has 0 saturated carbocycles. The Bertz CT molecular complexity index is 668. The van der Waals surface area contributed by atoms with Crippen LogP contribution in [-0.2, 0) is 11.2 Å². The van der Waals surface area contributed by atoms with Crippen LogP contribution in [0, 0.1) is 11.7 Å². The highest BCUT2D eigenvalue weighted by molar-refractivity contribution is 5.77. The lowest BCUT2D eigenvalue weighted by Crippen LogP contribution is -2.52. The van der Waals surface area contributed by atoms with Crippen molar-refractivity contribution >= 4 is 5.91 Å². The van der Waals surface area contributed by atoms with Gasteiger partial charge in [-0.15, -0.1) is 0 Å². The van der Waals surface area contributed by atoms with Crippen molar-refractivity contribution in [3.8, 4) is 5.75 Å². The molecular weight excluding hydrogens is 305 g/mol. The molecule has 0 aliphatic carbocycles. The van der Waals surface area contributed by atoms with E-state index >= 15 is 0 Å². The van der Waals surface area contributed by atoms with Crippen LogP contribution in [0.25, 0.3) is 0 Å². The number of carbonyl (C=O) groups is 1. The van der Waals surface area contributed by atoms with Gasteiger partial charge in [-0.3, -0.25) is 4.79 Å². The van der Waals surface area contributed by atoms with E-state index in [4.69, 9.17) is 4.74 Å². The smallest absolute Gasteiger partial charge is 0.222 e. The zero-order valence-corrected chi connectivity index (χ0v) is 13.7. The third-order valence-corrected chi connectivity index (χ3v) is 4.33. The van der Waals surface area contributed by atoms with Crippen LogP contribution in [0.2, 0.25) is 0 Å². The molecule has 0 radical (unpaired) electrons. The molecule has 1 amide bonds. The lowest BCUT2D eigenvalue weighted by atomic mass is 10.00. The lowest BCUT2D eigenvalue weighted by molar-refractivity contribution is -0.138. The number of para-hydroxylation sites is 1. The fourth-order valence-electron chi connectivity index (χ4n) is 2.90.